The Morgan fingerprint density at radius 2 is 1.81 bits per heavy atom. The number of amides is 1. The molecule has 6 N–H and O–H groups in total. The number of phenolic OH excluding ortho intramolecular Hbond substituents is 1. The van der Waals surface area contributed by atoms with Crippen molar-refractivity contribution in [2.24, 2.45) is 23.5 Å². The van der Waals surface area contributed by atoms with E-state index in [1.54, 1.807) is 4.90 Å². The van der Waals surface area contributed by atoms with E-state index in [1.807, 2.05) is 0 Å². The average Bonchev–Trinajstić information content (AvgIpc) is 3.69. The Balaban J connectivity index is 1.68. The summed E-state index contributed by atoms with van der Waals surface area (Å²) in [6, 6.07) is -0.526. The van der Waals surface area contributed by atoms with Gasteiger partial charge in [-0.2, -0.15) is 13.2 Å². The van der Waals surface area contributed by atoms with Crippen molar-refractivity contribution in [3.05, 3.63) is 45.2 Å². The molecule has 2 saturated carbocycles. The van der Waals surface area contributed by atoms with Crippen molar-refractivity contribution < 1.29 is 52.4 Å². The number of aromatic hydroxyl groups is 1. The number of aliphatic hydroxyl groups is 3. The number of phenols is 1. The van der Waals surface area contributed by atoms with E-state index >= 15 is 0 Å². The molecule has 4 aliphatic rings. The Morgan fingerprint density at radius 1 is 1.16 bits per heavy atom. The lowest BCUT2D eigenvalue weighted by Crippen LogP contribution is -2.65. The fourth-order valence-corrected chi connectivity index (χ4v) is 7.12. The van der Waals surface area contributed by atoms with Crippen molar-refractivity contribution in [1.29, 1.82) is 0 Å². The average molecular weight is 612 g/mol. The molecule has 1 amide bonds. The molecule has 0 aromatic heterocycles. The highest BCUT2D eigenvalue weighted by Gasteiger charge is 2.64. The van der Waals surface area contributed by atoms with Crippen LogP contribution in [-0.4, -0.2) is 93.2 Å². The molecule has 0 aliphatic heterocycles. The van der Waals surface area contributed by atoms with Gasteiger partial charge in [-0.15, -0.1) is 0 Å². The maximum absolute atomic E-state index is 14.7. The van der Waals surface area contributed by atoms with Gasteiger partial charge in [0.1, 0.15) is 29.5 Å². The van der Waals surface area contributed by atoms with E-state index in [9.17, 15) is 52.4 Å². The molecule has 234 valence electrons. The van der Waals surface area contributed by atoms with Gasteiger partial charge in [0.2, 0.25) is 5.78 Å². The quantitative estimate of drug-likeness (QED) is 0.219. The summed E-state index contributed by atoms with van der Waals surface area (Å²) in [5.41, 5.74) is -1.71. The van der Waals surface area contributed by atoms with Crippen LogP contribution in [0.4, 0.5) is 17.6 Å². The van der Waals surface area contributed by atoms with Crippen LogP contribution in [0, 0.1) is 17.8 Å². The van der Waals surface area contributed by atoms with Gasteiger partial charge < -0.3 is 26.2 Å². The number of rotatable bonds is 8. The molecule has 0 bridgehead atoms. The molecule has 4 atom stereocenters. The van der Waals surface area contributed by atoms with E-state index in [2.05, 4.69) is 0 Å². The number of ketones is 2. The number of likely N-dealkylation sites (N-methyl/N-ethyl adjacent to an activating group) is 1. The monoisotopic (exact) mass is 611 g/mol. The van der Waals surface area contributed by atoms with Crippen LogP contribution in [-0.2, 0) is 33.5 Å². The lowest BCUT2D eigenvalue weighted by Gasteiger charge is -2.50. The topological polar surface area (TPSA) is 165 Å². The molecule has 5 rings (SSSR count). The maximum atomic E-state index is 14.7. The van der Waals surface area contributed by atoms with Crippen LogP contribution in [0.1, 0.15) is 41.5 Å². The summed E-state index contributed by atoms with van der Waals surface area (Å²) in [5.74, 6) is -9.06. The third-order valence-electron chi connectivity index (χ3n) is 9.10. The highest BCUT2D eigenvalue weighted by Crippen LogP contribution is 2.54. The van der Waals surface area contributed by atoms with Crippen molar-refractivity contribution in [3.63, 3.8) is 0 Å². The summed E-state index contributed by atoms with van der Waals surface area (Å²) in [6.45, 7) is -0.819. The molecule has 0 spiro atoms. The molecule has 0 radical (unpaired) electrons. The van der Waals surface area contributed by atoms with Gasteiger partial charge in [0.05, 0.1) is 17.2 Å². The van der Waals surface area contributed by atoms with Crippen molar-refractivity contribution in [3.8, 4) is 5.75 Å². The van der Waals surface area contributed by atoms with E-state index in [0.717, 1.165) is 18.9 Å². The van der Waals surface area contributed by atoms with Crippen LogP contribution in [0.5, 0.6) is 5.75 Å². The molecule has 14 heteroatoms. The van der Waals surface area contributed by atoms with Crippen LogP contribution in [0.25, 0.3) is 5.76 Å². The first-order valence-electron chi connectivity index (χ1n) is 13.9. The van der Waals surface area contributed by atoms with Crippen molar-refractivity contribution >= 4 is 23.2 Å². The van der Waals surface area contributed by atoms with E-state index in [4.69, 9.17) is 5.73 Å². The first-order chi connectivity index (χ1) is 20.0. The zero-order valence-corrected chi connectivity index (χ0v) is 23.5. The van der Waals surface area contributed by atoms with Crippen LogP contribution >= 0.6 is 0 Å². The number of carbonyl (C=O) groups excluding carboxylic acids is 3. The SMILES string of the molecule is CN(C)[C@@H]1C(=O)C(C(N)=O)=C(O)[C@@]2(O)C(=O)C3=C(O)c4c(O)cc(CN(CCF)CC5CC5)c(C(F)(F)F)c4C[C@H]3C[C@@H]12. The van der Waals surface area contributed by atoms with Gasteiger partial charge in [-0.05, 0) is 68.8 Å². The number of hydrogen-bond donors (Lipinski definition) is 5. The fourth-order valence-electron chi connectivity index (χ4n) is 7.12. The van der Waals surface area contributed by atoms with Crippen molar-refractivity contribution in [2.75, 3.05) is 33.9 Å². The minimum Gasteiger partial charge on any atom is -0.508 e. The molecule has 4 aliphatic carbocycles. The zero-order valence-electron chi connectivity index (χ0n) is 23.5. The molecule has 10 nitrogen and oxygen atoms in total. The smallest absolute Gasteiger partial charge is 0.417 e. The van der Waals surface area contributed by atoms with Crippen molar-refractivity contribution in [2.45, 2.75) is 50.0 Å². The highest BCUT2D eigenvalue weighted by atomic mass is 19.4. The van der Waals surface area contributed by atoms with Gasteiger partial charge in [-0.1, -0.05) is 0 Å². The number of nitrogens with two attached hydrogens (primary N) is 1. The van der Waals surface area contributed by atoms with Gasteiger partial charge in [0.25, 0.3) is 5.91 Å². The number of hydrogen-bond acceptors (Lipinski definition) is 9. The number of primary amides is 1. The van der Waals surface area contributed by atoms with E-state index < -0.39 is 105 Å². The number of carbonyl (C=O) groups is 3. The number of benzene rings is 1. The molecule has 0 saturated heterocycles. The minimum atomic E-state index is -4.96. The molecular weight excluding hydrogens is 578 g/mol. The second-order valence-electron chi connectivity index (χ2n) is 12.1. The van der Waals surface area contributed by atoms with Gasteiger partial charge in [-0.25, -0.2) is 4.39 Å². The second-order valence-corrected chi connectivity index (χ2v) is 12.1. The van der Waals surface area contributed by atoms with Gasteiger partial charge in [0, 0.05) is 31.1 Å². The highest BCUT2D eigenvalue weighted by molar-refractivity contribution is 6.24. The summed E-state index contributed by atoms with van der Waals surface area (Å²) in [7, 11) is 2.84. The molecule has 2 fully saturated rings. The Bertz CT molecular complexity index is 1470. The number of halogens is 4. The van der Waals surface area contributed by atoms with E-state index in [-0.39, 0.29) is 31.0 Å². The number of alkyl halides is 4. The molecule has 1 aromatic carbocycles. The lowest BCUT2D eigenvalue weighted by atomic mass is 9.57. The summed E-state index contributed by atoms with van der Waals surface area (Å²) in [4.78, 5) is 42.0. The first-order valence-corrected chi connectivity index (χ1v) is 13.9. The van der Waals surface area contributed by atoms with Crippen LogP contribution in [0.2, 0.25) is 0 Å². The summed E-state index contributed by atoms with van der Waals surface area (Å²) in [6.07, 6.45) is -4.04. The third kappa shape index (κ3) is 4.89. The molecule has 43 heavy (non-hydrogen) atoms. The third-order valence-corrected chi connectivity index (χ3v) is 9.10. The number of Topliss-reactive ketones (excluding diaryl/α,β-unsaturated/α-hetero) is 2. The van der Waals surface area contributed by atoms with Gasteiger partial charge in [0.15, 0.2) is 11.4 Å². The second kappa shape index (κ2) is 10.6. The van der Waals surface area contributed by atoms with Crippen LogP contribution in [0.15, 0.2) is 23.0 Å². The van der Waals surface area contributed by atoms with E-state index in [0.29, 0.717) is 6.54 Å². The molecule has 0 heterocycles. The summed E-state index contributed by atoms with van der Waals surface area (Å²) in [5, 5.41) is 44.7. The fraction of sp³-hybridized carbons (Fsp3) is 0.552. The van der Waals surface area contributed by atoms with Crippen LogP contribution < -0.4 is 5.73 Å². The molecule has 0 unspecified atom stereocenters. The normalized spacial score (nSPS) is 27.5. The largest absolute Gasteiger partial charge is 0.508 e. The van der Waals surface area contributed by atoms with Gasteiger partial charge in [-0.3, -0.25) is 24.2 Å². The predicted octanol–water partition coefficient (Wildman–Crippen LogP) is 2.16. The standard InChI is InChI=1S/C29H33F4N3O7/c1-35(2)22-16-8-13-7-15-19(23(38)18(13)25(40)28(16,43)26(41)20(24(22)39)27(34)42)17(37)9-14(21(15)29(31,32)33)11-36(6-5-30)10-12-3-4-12/h9,12-13,16,22,37-38,41,43H,3-8,10-11H2,1-2H3,(H2,34,42)/t13-,16-,22-,28-/m0/s1. The first kappa shape index (κ1) is 31.0. The Kier molecular flexibility index (Phi) is 7.63. The summed E-state index contributed by atoms with van der Waals surface area (Å²) < 4.78 is 57.4. The molecular formula is C29H33F4N3O7. The van der Waals surface area contributed by atoms with Crippen molar-refractivity contribution in [1.82, 2.24) is 9.80 Å². The Hall–Kier alpha value is -3.49. The summed E-state index contributed by atoms with van der Waals surface area (Å²) >= 11 is 0. The number of fused-ring (bicyclic) bond motifs is 3. The Labute approximate surface area is 244 Å². The number of aliphatic hydroxyl groups excluding tert-OH is 2. The Morgan fingerprint density at radius 3 is 2.35 bits per heavy atom. The zero-order chi connectivity index (χ0) is 31.8. The maximum Gasteiger partial charge on any atom is 0.417 e. The van der Waals surface area contributed by atoms with Gasteiger partial charge >= 0.3 is 6.18 Å². The minimum absolute atomic E-state index is 0.109. The van der Waals surface area contributed by atoms with E-state index in [1.165, 1.54) is 19.0 Å². The molecule has 1 aromatic rings. The lowest BCUT2D eigenvalue weighted by molar-refractivity contribution is -0.153. The number of nitrogens with zero attached hydrogens (tertiary/aromatic N) is 2. The van der Waals surface area contributed by atoms with Crippen LogP contribution in [0.3, 0.4) is 0 Å². The predicted molar refractivity (Wildman–Crippen MR) is 143 cm³/mol.